The molecule has 0 aliphatic carbocycles. The third-order valence-electron chi connectivity index (χ3n) is 3.51. The molecule has 0 unspecified atom stereocenters. The van der Waals surface area contributed by atoms with Crippen molar-refractivity contribution in [1.29, 1.82) is 0 Å². The standard InChI is InChI=1S/C15H18N2O3/c16-13-4-1-11(2-5-13)3-6-14(18)17-9-7-12(8-10-17)15(19)20/h1-6,12H,7-10,16H2,(H,19,20)/b6-3+. The minimum atomic E-state index is -0.769. The Balaban J connectivity index is 1.89. The van der Waals surface area contributed by atoms with E-state index in [0.717, 1.165) is 5.56 Å². The number of benzene rings is 1. The lowest BCUT2D eigenvalue weighted by molar-refractivity contribution is -0.144. The van der Waals surface area contributed by atoms with Crippen molar-refractivity contribution in [3.05, 3.63) is 35.9 Å². The third-order valence-corrected chi connectivity index (χ3v) is 3.51. The summed E-state index contributed by atoms with van der Waals surface area (Å²) in [7, 11) is 0. The molecule has 1 aromatic rings. The summed E-state index contributed by atoms with van der Waals surface area (Å²) in [5, 5.41) is 8.91. The third kappa shape index (κ3) is 3.60. The summed E-state index contributed by atoms with van der Waals surface area (Å²) in [5.74, 6) is -1.17. The number of carboxylic acids is 1. The van der Waals surface area contributed by atoms with E-state index in [1.54, 1.807) is 23.1 Å². The number of hydrogen-bond acceptors (Lipinski definition) is 3. The van der Waals surface area contributed by atoms with Gasteiger partial charge in [-0.3, -0.25) is 9.59 Å². The van der Waals surface area contributed by atoms with Crippen LogP contribution in [0.15, 0.2) is 30.3 Å². The van der Waals surface area contributed by atoms with Gasteiger partial charge in [-0.1, -0.05) is 12.1 Å². The quantitative estimate of drug-likeness (QED) is 0.648. The lowest BCUT2D eigenvalue weighted by Crippen LogP contribution is -2.39. The molecule has 1 aromatic carbocycles. The molecular formula is C15H18N2O3. The molecule has 0 radical (unpaired) electrons. The Morgan fingerprint density at radius 2 is 1.80 bits per heavy atom. The number of anilines is 1. The molecule has 2 rings (SSSR count). The SMILES string of the molecule is Nc1ccc(/C=C/C(=O)N2CCC(C(=O)O)CC2)cc1. The van der Waals surface area contributed by atoms with E-state index in [4.69, 9.17) is 10.8 Å². The topological polar surface area (TPSA) is 83.6 Å². The number of likely N-dealkylation sites (tertiary alicyclic amines) is 1. The molecular weight excluding hydrogens is 256 g/mol. The first-order chi connectivity index (χ1) is 9.56. The minimum absolute atomic E-state index is 0.0781. The molecule has 0 saturated carbocycles. The summed E-state index contributed by atoms with van der Waals surface area (Å²) < 4.78 is 0. The van der Waals surface area contributed by atoms with E-state index < -0.39 is 5.97 Å². The first-order valence-electron chi connectivity index (χ1n) is 6.61. The Bertz CT molecular complexity index is 514. The van der Waals surface area contributed by atoms with E-state index in [9.17, 15) is 9.59 Å². The average Bonchev–Trinajstić information content (AvgIpc) is 2.46. The fraction of sp³-hybridized carbons (Fsp3) is 0.333. The van der Waals surface area contributed by atoms with Crippen molar-refractivity contribution in [2.75, 3.05) is 18.8 Å². The van der Waals surface area contributed by atoms with Gasteiger partial charge in [0.15, 0.2) is 0 Å². The molecule has 5 heteroatoms. The molecule has 1 aliphatic rings. The fourth-order valence-electron chi connectivity index (χ4n) is 2.23. The van der Waals surface area contributed by atoms with E-state index in [0.29, 0.717) is 31.6 Å². The Labute approximate surface area is 117 Å². The van der Waals surface area contributed by atoms with E-state index in [2.05, 4.69) is 0 Å². The summed E-state index contributed by atoms with van der Waals surface area (Å²) in [6, 6.07) is 7.25. The zero-order valence-corrected chi connectivity index (χ0v) is 11.2. The zero-order chi connectivity index (χ0) is 14.5. The Morgan fingerprint density at radius 1 is 1.20 bits per heavy atom. The first-order valence-corrected chi connectivity index (χ1v) is 6.61. The molecule has 0 aromatic heterocycles. The average molecular weight is 274 g/mol. The molecule has 1 heterocycles. The maximum Gasteiger partial charge on any atom is 0.306 e. The second kappa shape index (κ2) is 6.23. The van der Waals surface area contributed by atoms with Crippen molar-refractivity contribution >= 4 is 23.6 Å². The normalized spacial score (nSPS) is 16.5. The van der Waals surface area contributed by atoms with Crippen molar-refractivity contribution in [3.8, 4) is 0 Å². The number of aliphatic carboxylic acids is 1. The number of carboxylic acid groups (broad SMARTS) is 1. The molecule has 3 N–H and O–H groups in total. The molecule has 106 valence electrons. The molecule has 0 bridgehead atoms. The molecule has 0 spiro atoms. The highest BCUT2D eigenvalue weighted by molar-refractivity contribution is 5.92. The predicted octanol–water partition coefficient (Wildman–Crippen LogP) is 1.61. The number of piperidine rings is 1. The summed E-state index contributed by atoms with van der Waals surface area (Å²) in [6.45, 7) is 1.00. The van der Waals surface area contributed by atoms with Crippen LogP contribution in [0.1, 0.15) is 18.4 Å². The van der Waals surface area contributed by atoms with Gasteiger partial charge in [0.05, 0.1) is 5.92 Å². The monoisotopic (exact) mass is 274 g/mol. The maximum atomic E-state index is 12.0. The van der Waals surface area contributed by atoms with Gasteiger partial charge in [-0.15, -0.1) is 0 Å². The molecule has 1 fully saturated rings. The Hall–Kier alpha value is -2.30. The van der Waals surface area contributed by atoms with Gasteiger partial charge < -0.3 is 15.7 Å². The van der Waals surface area contributed by atoms with Crippen molar-refractivity contribution in [2.45, 2.75) is 12.8 Å². The number of nitrogen functional groups attached to an aromatic ring is 1. The van der Waals surface area contributed by atoms with Crippen molar-refractivity contribution in [3.63, 3.8) is 0 Å². The molecule has 20 heavy (non-hydrogen) atoms. The molecule has 1 saturated heterocycles. The van der Waals surface area contributed by atoms with Crippen LogP contribution in [0.25, 0.3) is 6.08 Å². The van der Waals surface area contributed by atoms with E-state index in [1.165, 1.54) is 6.08 Å². The van der Waals surface area contributed by atoms with Gasteiger partial charge in [-0.2, -0.15) is 0 Å². The summed E-state index contributed by atoms with van der Waals surface area (Å²) in [4.78, 5) is 24.5. The number of carbonyl (C=O) groups excluding carboxylic acids is 1. The highest BCUT2D eigenvalue weighted by Crippen LogP contribution is 2.17. The van der Waals surface area contributed by atoms with Gasteiger partial charge in [-0.25, -0.2) is 0 Å². The Kier molecular flexibility index (Phi) is 4.40. The highest BCUT2D eigenvalue weighted by Gasteiger charge is 2.25. The van der Waals surface area contributed by atoms with Crippen LogP contribution in [-0.2, 0) is 9.59 Å². The number of amides is 1. The lowest BCUT2D eigenvalue weighted by atomic mass is 9.97. The fourth-order valence-corrected chi connectivity index (χ4v) is 2.23. The van der Waals surface area contributed by atoms with Gasteiger partial charge in [-0.05, 0) is 36.6 Å². The second-order valence-electron chi connectivity index (χ2n) is 4.94. The minimum Gasteiger partial charge on any atom is -0.481 e. The Morgan fingerprint density at radius 3 is 2.35 bits per heavy atom. The van der Waals surface area contributed by atoms with Gasteiger partial charge in [0.25, 0.3) is 0 Å². The van der Waals surface area contributed by atoms with Crippen LogP contribution in [0.5, 0.6) is 0 Å². The lowest BCUT2D eigenvalue weighted by Gasteiger charge is -2.29. The molecule has 1 amide bonds. The van der Waals surface area contributed by atoms with E-state index >= 15 is 0 Å². The molecule has 5 nitrogen and oxygen atoms in total. The zero-order valence-electron chi connectivity index (χ0n) is 11.2. The van der Waals surface area contributed by atoms with Crippen LogP contribution < -0.4 is 5.73 Å². The highest BCUT2D eigenvalue weighted by atomic mass is 16.4. The number of hydrogen-bond donors (Lipinski definition) is 2. The smallest absolute Gasteiger partial charge is 0.306 e. The number of nitrogens with zero attached hydrogens (tertiary/aromatic N) is 1. The number of rotatable bonds is 3. The van der Waals surface area contributed by atoms with Crippen molar-refractivity contribution < 1.29 is 14.7 Å². The van der Waals surface area contributed by atoms with Crippen molar-refractivity contribution in [1.82, 2.24) is 4.90 Å². The summed E-state index contributed by atoms with van der Waals surface area (Å²) in [5.41, 5.74) is 7.18. The van der Waals surface area contributed by atoms with Crippen molar-refractivity contribution in [2.24, 2.45) is 5.92 Å². The van der Waals surface area contributed by atoms with Crippen LogP contribution in [0.2, 0.25) is 0 Å². The first kappa shape index (κ1) is 14.1. The van der Waals surface area contributed by atoms with Crippen LogP contribution in [0.3, 0.4) is 0 Å². The number of carbonyl (C=O) groups is 2. The number of nitrogens with two attached hydrogens (primary N) is 1. The van der Waals surface area contributed by atoms with Crippen LogP contribution in [-0.4, -0.2) is 35.0 Å². The van der Waals surface area contributed by atoms with Crippen LogP contribution >= 0.6 is 0 Å². The van der Waals surface area contributed by atoms with Gasteiger partial charge in [0, 0.05) is 24.9 Å². The predicted molar refractivity (Wildman–Crippen MR) is 76.8 cm³/mol. The molecule has 0 atom stereocenters. The van der Waals surface area contributed by atoms with Gasteiger partial charge >= 0.3 is 5.97 Å². The summed E-state index contributed by atoms with van der Waals surface area (Å²) in [6.07, 6.45) is 4.31. The second-order valence-corrected chi connectivity index (χ2v) is 4.94. The van der Waals surface area contributed by atoms with Gasteiger partial charge in [0.1, 0.15) is 0 Å². The summed E-state index contributed by atoms with van der Waals surface area (Å²) >= 11 is 0. The van der Waals surface area contributed by atoms with Gasteiger partial charge in [0.2, 0.25) is 5.91 Å². The molecule has 1 aliphatic heterocycles. The van der Waals surface area contributed by atoms with Crippen LogP contribution in [0.4, 0.5) is 5.69 Å². The van der Waals surface area contributed by atoms with Crippen LogP contribution in [0, 0.1) is 5.92 Å². The van der Waals surface area contributed by atoms with E-state index in [-0.39, 0.29) is 11.8 Å². The van der Waals surface area contributed by atoms with E-state index in [1.807, 2.05) is 12.1 Å². The largest absolute Gasteiger partial charge is 0.481 e. The maximum absolute atomic E-state index is 12.0.